The largest absolute Gasteiger partial charge is 0.481 e. The number of hydrogen-bond donors (Lipinski definition) is 4. The number of ether oxygens (including phenoxy) is 3. The second-order valence-electron chi connectivity index (χ2n) is 22.3. The average molecular weight is 1350 g/mol. The van der Waals surface area contributed by atoms with Crippen molar-refractivity contribution >= 4 is 81.5 Å². The van der Waals surface area contributed by atoms with E-state index in [0.717, 1.165) is 47.0 Å². The highest BCUT2D eigenvalue weighted by molar-refractivity contribution is 6.40. The Hall–Kier alpha value is -8.00. The predicted molar refractivity (Wildman–Crippen MR) is 353 cm³/mol. The van der Waals surface area contributed by atoms with Gasteiger partial charge in [-0.25, -0.2) is 19.9 Å². The lowest BCUT2D eigenvalue weighted by atomic mass is 10.1. The summed E-state index contributed by atoms with van der Waals surface area (Å²) < 4.78 is 45.7. The van der Waals surface area contributed by atoms with E-state index in [0.29, 0.717) is 159 Å². The van der Waals surface area contributed by atoms with Crippen molar-refractivity contribution in [1.29, 1.82) is 0 Å². The molecule has 6 aromatic heterocycles. The summed E-state index contributed by atoms with van der Waals surface area (Å²) in [7, 11) is 6.65. The maximum absolute atomic E-state index is 13.6. The summed E-state index contributed by atoms with van der Waals surface area (Å²) in [5.41, 5.74) is 9.63. The highest BCUT2D eigenvalue weighted by Crippen LogP contribution is 2.42. The van der Waals surface area contributed by atoms with Crippen LogP contribution in [0.25, 0.3) is 45.0 Å². The number of nitrogens with one attached hydrogen (secondary N) is 4. The number of nitrogens with zero attached hydrogens (tertiary/aromatic N) is 10. The number of amides is 2. The molecule has 488 valence electrons. The van der Waals surface area contributed by atoms with Gasteiger partial charge in [-0.3, -0.25) is 47.7 Å². The smallest absolute Gasteiger partial charge is 0.313 e. The van der Waals surface area contributed by atoms with Gasteiger partial charge in [0.2, 0.25) is 11.8 Å². The Morgan fingerprint density at radius 2 is 0.968 bits per heavy atom. The molecule has 0 unspecified atom stereocenters. The van der Waals surface area contributed by atoms with Crippen molar-refractivity contribution in [1.82, 2.24) is 59.5 Å². The van der Waals surface area contributed by atoms with Crippen LogP contribution in [0, 0.1) is 0 Å². The van der Waals surface area contributed by atoms with E-state index >= 15 is 0 Å². The van der Waals surface area contributed by atoms with Crippen LogP contribution in [0.15, 0.2) is 85.2 Å². The molecule has 8 heterocycles. The molecule has 8 aromatic rings. The Labute approximate surface area is 556 Å². The number of carbonyl (C=O) groups excluding carboxylic acids is 4. The lowest BCUT2D eigenvalue weighted by molar-refractivity contribution is -0.159. The van der Waals surface area contributed by atoms with Crippen LogP contribution in [0.4, 0.5) is 20.2 Å². The average Bonchev–Trinajstić information content (AvgIpc) is 1.88. The summed E-state index contributed by atoms with van der Waals surface area (Å²) in [6, 6.07) is 21.2. The number of carbonyl (C=O) groups is 4. The minimum Gasteiger partial charge on any atom is -0.481 e. The Morgan fingerprint density at radius 3 is 1.38 bits per heavy atom. The molecule has 4 N–H and O–H groups in total. The number of hydrogen-bond acceptors (Lipinski definition) is 17. The van der Waals surface area contributed by atoms with Gasteiger partial charge in [-0.05, 0) is 75.2 Å². The third-order valence-electron chi connectivity index (χ3n) is 16.2. The summed E-state index contributed by atoms with van der Waals surface area (Å²) >= 11 is 28.0. The zero-order valence-corrected chi connectivity index (χ0v) is 54.8. The van der Waals surface area contributed by atoms with E-state index in [1.165, 1.54) is 14.2 Å². The van der Waals surface area contributed by atoms with Crippen LogP contribution in [0.3, 0.4) is 0 Å². The van der Waals surface area contributed by atoms with E-state index < -0.39 is 23.8 Å². The molecule has 21 nitrogen and oxygen atoms in total. The first-order valence-electron chi connectivity index (χ1n) is 30.5. The van der Waals surface area contributed by atoms with E-state index in [2.05, 4.69) is 51.0 Å². The number of halogens is 6. The number of pyridine rings is 4. The highest BCUT2D eigenvalue weighted by atomic mass is 35.5. The van der Waals surface area contributed by atoms with Crippen LogP contribution in [-0.4, -0.2) is 139 Å². The van der Waals surface area contributed by atoms with Gasteiger partial charge in [0.15, 0.2) is 11.6 Å². The molecule has 0 saturated carbocycles. The van der Waals surface area contributed by atoms with Crippen LogP contribution in [0.1, 0.15) is 93.7 Å². The molecular formula is C66H70Cl4F2N14O7. The molecule has 10 rings (SSSR count). The molecule has 2 aliphatic heterocycles. The van der Waals surface area contributed by atoms with Gasteiger partial charge in [0, 0.05) is 149 Å². The molecule has 2 aromatic carbocycles. The second kappa shape index (κ2) is 31.8. The maximum Gasteiger partial charge on any atom is 0.313 e. The van der Waals surface area contributed by atoms with Crippen molar-refractivity contribution in [2.45, 2.75) is 77.5 Å². The molecule has 0 bridgehead atoms. The van der Waals surface area contributed by atoms with Crippen LogP contribution < -0.4 is 30.7 Å². The van der Waals surface area contributed by atoms with Crippen LogP contribution in [0.2, 0.25) is 20.1 Å². The fraction of sp³-hybridized carbons (Fsp3) is 0.364. The van der Waals surface area contributed by atoms with Crippen LogP contribution >= 0.6 is 46.4 Å². The van der Waals surface area contributed by atoms with Crippen LogP contribution in [-0.2, 0) is 67.4 Å². The van der Waals surface area contributed by atoms with Gasteiger partial charge in [0.1, 0.15) is 0 Å². The topological polar surface area (TPSA) is 238 Å². The van der Waals surface area contributed by atoms with E-state index in [1.54, 1.807) is 70.1 Å². The molecule has 0 aliphatic carbocycles. The molecule has 2 amide bonds. The normalized spacial score (nSPS) is 13.1. The fourth-order valence-corrected chi connectivity index (χ4v) is 12.6. The van der Waals surface area contributed by atoms with Crippen molar-refractivity contribution in [2.24, 2.45) is 14.1 Å². The molecule has 93 heavy (non-hydrogen) atoms. The fourth-order valence-electron chi connectivity index (χ4n) is 11.4. The quantitative estimate of drug-likeness (QED) is 0.0203. The zero-order valence-electron chi connectivity index (χ0n) is 51.8. The van der Waals surface area contributed by atoms with Crippen molar-refractivity contribution in [3.63, 3.8) is 0 Å². The minimum atomic E-state index is -0.619. The van der Waals surface area contributed by atoms with Gasteiger partial charge in [0.25, 0.3) is 11.8 Å². The maximum atomic E-state index is 13.6. The Kier molecular flexibility index (Phi) is 23.2. The number of benzene rings is 2. The Balaban J connectivity index is 0.654. The molecule has 2 aliphatic rings. The van der Waals surface area contributed by atoms with Crippen LogP contribution in [0.5, 0.6) is 11.8 Å². The third kappa shape index (κ3) is 16.0. The lowest BCUT2D eigenvalue weighted by Crippen LogP contribution is -2.32. The Bertz CT molecular complexity index is 3800. The molecule has 27 heteroatoms. The summed E-state index contributed by atoms with van der Waals surface area (Å²) in [6.45, 7) is 4.71. The van der Waals surface area contributed by atoms with Crippen molar-refractivity contribution in [3.05, 3.63) is 151 Å². The predicted octanol–water partition coefficient (Wildman–Crippen LogP) is 11.5. The van der Waals surface area contributed by atoms with Gasteiger partial charge in [-0.15, -0.1) is 0 Å². The molecule has 0 atom stereocenters. The number of anilines is 2. The lowest BCUT2D eigenvalue weighted by Gasteiger charge is -2.26. The number of esters is 2. The first kappa shape index (κ1) is 67.9. The van der Waals surface area contributed by atoms with E-state index in [1.807, 2.05) is 38.4 Å². The van der Waals surface area contributed by atoms with E-state index in [9.17, 15) is 28.0 Å². The molecule has 0 fully saturated rings. The number of fused-ring (bicyclic) bond motifs is 2. The highest BCUT2D eigenvalue weighted by Gasteiger charge is 2.29. The summed E-state index contributed by atoms with van der Waals surface area (Å²) in [5, 5.41) is 13.4. The van der Waals surface area contributed by atoms with Crippen molar-refractivity contribution < 1.29 is 42.2 Å². The van der Waals surface area contributed by atoms with Crippen molar-refractivity contribution in [3.8, 4) is 56.8 Å². The van der Waals surface area contributed by atoms with Crippen molar-refractivity contribution in [2.75, 3.05) is 77.5 Å². The van der Waals surface area contributed by atoms with E-state index in [-0.39, 0.29) is 57.9 Å². The first-order valence-corrected chi connectivity index (χ1v) is 32.0. The standard InChI is InChI=1S/C66H70Cl4F2N14O7/c1-83-51-23-33-85(31-9-25-71)37-49(51)77-61(83)63(89)79-47-13-5-11-43(55(47)67)59-57(69)41(21-29-75-59)45-19-17-39(65(81-45)91-3)35-73-27-7-15-53(87)93-54(88)16-8-28-74-36-40-18-20-46(82-66(40)92-4)42-22-30-76-60(58(42)70)44-12-6-14-48(56(44)68)80-64(90)62-78-50-38-86(32-10-26-72)34-24-52(50)84(62)2/h5-6,11-14,17-22,29-30,73-74H,7-10,15-16,23-28,31-38H2,1-4H3,(H,79,89)(H,80,90). The summed E-state index contributed by atoms with van der Waals surface area (Å²) in [5.74, 6) is -0.910. The van der Waals surface area contributed by atoms with Gasteiger partial charge in [-0.1, -0.05) is 82.8 Å². The number of rotatable bonds is 28. The second-order valence-corrected chi connectivity index (χ2v) is 23.8. The van der Waals surface area contributed by atoms with Gasteiger partial charge < -0.3 is 44.6 Å². The molecular weight excluding hydrogens is 1280 g/mol. The summed E-state index contributed by atoms with van der Waals surface area (Å²) in [4.78, 5) is 84.8. The minimum absolute atomic E-state index is 0.0261. The SMILES string of the molecule is COc1nc(-c2ccnc(-c3cccc(NC(=O)c4nc5c(n4C)CCN(CCCF)C5)c3Cl)c2Cl)ccc1CNCCCC(=O)OC(=O)CCCNCc1ccc(-c2ccnc(-c3cccc(NC(=O)c4nc5c(n4C)CCN(CCCF)C5)c3Cl)c2Cl)nc1OC. The number of aromatic nitrogens is 8. The third-order valence-corrected chi connectivity index (χ3v) is 17.8. The van der Waals surface area contributed by atoms with E-state index in [4.69, 9.17) is 70.6 Å². The zero-order chi connectivity index (χ0) is 65.7. The monoisotopic (exact) mass is 1350 g/mol. The number of methoxy groups -OCH3 is 2. The van der Waals surface area contributed by atoms with Gasteiger partial charge in [0.05, 0.1) is 93.2 Å². The molecule has 0 radical (unpaired) electrons. The molecule has 0 spiro atoms. The Morgan fingerprint density at radius 1 is 0.538 bits per heavy atom. The number of alkyl halides is 2. The number of imidazole rings is 2. The molecule has 0 saturated heterocycles. The first-order chi connectivity index (χ1) is 45.1. The summed E-state index contributed by atoms with van der Waals surface area (Å²) in [6.07, 6.45) is 6.36. The van der Waals surface area contributed by atoms with Gasteiger partial charge >= 0.3 is 11.9 Å². The van der Waals surface area contributed by atoms with Gasteiger partial charge in [-0.2, -0.15) is 0 Å².